The van der Waals surface area contributed by atoms with Crippen LogP contribution >= 0.6 is 0 Å². The molecule has 2 fully saturated rings. The van der Waals surface area contributed by atoms with E-state index >= 15 is 0 Å². The molecule has 138 valence electrons. The van der Waals surface area contributed by atoms with Crippen LogP contribution in [0.4, 0.5) is 5.82 Å². The summed E-state index contributed by atoms with van der Waals surface area (Å²) in [7, 11) is 0. The Balaban J connectivity index is 1.45. The molecule has 1 unspecified atom stereocenters. The standard InChI is InChI=1S/C19H30N4O2/c1-2-22(19(24)13-17-15-25-12-9-20-17)14-16-6-10-23(11-7-16)18-5-3-4-8-21-18/h3-5,8,16-17,20H,2,6-7,9-15H2,1H3. The summed E-state index contributed by atoms with van der Waals surface area (Å²) >= 11 is 0. The molecule has 2 saturated heterocycles. The van der Waals surface area contributed by atoms with E-state index < -0.39 is 0 Å². The topological polar surface area (TPSA) is 57.7 Å². The normalized spacial score (nSPS) is 22.0. The lowest BCUT2D eigenvalue weighted by Gasteiger charge is -2.35. The van der Waals surface area contributed by atoms with E-state index in [1.54, 1.807) is 0 Å². The van der Waals surface area contributed by atoms with E-state index in [0.717, 1.165) is 58.0 Å². The van der Waals surface area contributed by atoms with Gasteiger partial charge in [0.15, 0.2) is 0 Å². The predicted molar refractivity (Wildman–Crippen MR) is 98.7 cm³/mol. The van der Waals surface area contributed by atoms with Crippen LogP contribution in [0.5, 0.6) is 0 Å². The highest BCUT2D eigenvalue weighted by molar-refractivity contribution is 5.76. The van der Waals surface area contributed by atoms with Gasteiger partial charge in [-0.15, -0.1) is 0 Å². The highest BCUT2D eigenvalue weighted by atomic mass is 16.5. The van der Waals surface area contributed by atoms with Crippen molar-refractivity contribution in [3.8, 4) is 0 Å². The van der Waals surface area contributed by atoms with E-state index in [4.69, 9.17) is 4.74 Å². The van der Waals surface area contributed by atoms with Gasteiger partial charge >= 0.3 is 0 Å². The minimum atomic E-state index is 0.168. The molecule has 1 aromatic heterocycles. The summed E-state index contributed by atoms with van der Waals surface area (Å²) in [6.45, 7) is 8.01. The monoisotopic (exact) mass is 346 g/mol. The van der Waals surface area contributed by atoms with E-state index in [2.05, 4.69) is 28.2 Å². The number of anilines is 1. The molecule has 0 spiro atoms. The fourth-order valence-electron chi connectivity index (χ4n) is 3.70. The molecular weight excluding hydrogens is 316 g/mol. The first-order chi connectivity index (χ1) is 12.3. The quantitative estimate of drug-likeness (QED) is 0.846. The van der Waals surface area contributed by atoms with Crippen molar-refractivity contribution in [3.63, 3.8) is 0 Å². The molecule has 3 heterocycles. The lowest BCUT2D eigenvalue weighted by Crippen LogP contribution is -2.46. The molecule has 6 nitrogen and oxygen atoms in total. The van der Waals surface area contributed by atoms with Crippen LogP contribution < -0.4 is 10.2 Å². The van der Waals surface area contributed by atoms with Crippen molar-refractivity contribution in [2.45, 2.75) is 32.2 Å². The van der Waals surface area contributed by atoms with Gasteiger partial charge in [0.2, 0.25) is 5.91 Å². The number of rotatable bonds is 6. The number of piperidine rings is 1. The first kappa shape index (κ1) is 18.1. The summed E-state index contributed by atoms with van der Waals surface area (Å²) in [5.41, 5.74) is 0. The highest BCUT2D eigenvalue weighted by Crippen LogP contribution is 2.22. The molecule has 0 aliphatic carbocycles. The molecule has 1 amide bonds. The van der Waals surface area contributed by atoms with Crippen LogP contribution in [0.1, 0.15) is 26.2 Å². The third-order valence-electron chi connectivity index (χ3n) is 5.22. The van der Waals surface area contributed by atoms with Gasteiger partial charge in [-0.1, -0.05) is 6.07 Å². The van der Waals surface area contributed by atoms with Crippen LogP contribution in [0.15, 0.2) is 24.4 Å². The molecule has 2 aliphatic rings. The number of ether oxygens (including phenoxy) is 1. The molecule has 6 heteroatoms. The van der Waals surface area contributed by atoms with Gasteiger partial charge < -0.3 is 19.9 Å². The zero-order valence-electron chi connectivity index (χ0n) is 15.2. The van der Waals surface area contributed by atoms with Crippen molar-refractivity contribution >= 4 is 11.7 Å². The van der Waals surface area contributed by atoms with Crippen LogP contribution in [0, 0.1) is 5.92 Å². The van der Waals surface area contributed by atoms with E-state index in [1.807, 2.05) is 23.2 Å². The molecular formula is C19H30N4O2. The van der Waals surface area contributed by atoms with Crippen LogP contribution in [-0.4, -0.2) is 67.8 Å². The van der Waals surface area contributed by atoms with Crippen molar-refractivity contribution in [1.82, 2.24) is 15.2 Å². The Kier molecular flexibility index (Phi) is 6.64. The number of carbonyl (C=O) groups excluding carboxylic acids is 1. The fraction of sp³-hybridized carbons (Fsp3) is 0.684. The number of nitrogens with zero attached hydrogens (tertiary/aromatic N) is 3. The Morgan fingerprint density at radius 1 is 1.40 bits per heavy atom. The zero-order chi connectivity index (χ0) is 17.5. The van der Waals surface area contributed by atoms with E-state index in [1.165, 1.54) is 0 Å². The summed E-state index contributed by atoms with van der Waals surface area (Å²) in [6.07, 6.45) is 4.62. The largest absolute Gasteiger partial charge is 0.378 e. The summed E-state index contributed by atoms with van der Waals surface area (Å²) in [5, 5.41) is 3.37. The van der Waals surface area contributed by atoms with Crippen LogP contribution in [-0.2, 0) is 9.53 Å². The van der Waals surface area contributed by atoms with Crippen molar-refractivity contribution in [1.29, 1.82) is 0 Å². The average Bonchev–Trinajstić information content (AvgIpc) is 2.68. The van der Waals surface area contributed by atoms with Crippen LogP contribution in [0.2, 0.25) is 0 Å². The van der Waals surface area contributed by atoms with Crippen molar-refractivity contribution in [2.24, 2.45) is 5.92 Å². The summed E-state index contributed by atoms with van der Waals surface area (Å²) in [5.74, 6) is 1.89. The van der Waals surface area contributed by atoms with Gasteiger partial charge in [-0.05, 0) is 37.8 Å². The van der Waals surface area contributed by atoms with Gasteiger partial charge in [0, 0.05) is 51.4 Å². The van der Waals surface area contributed by atoms with Crippen molar-refractivity contribution in [3.05, 3.63) is 24.4 Å². The minimum Gasteiger partial charge on any atom is -0.378 e. The molecule has 1 atom stereocenters. The van der Waals surface area contributed by atoms with Gasteiger partial charge in [0.05, 0.1) is 13.2 Å². The summed E-state index contributed by atoms with van der Waals surface area (Å²) in [6, 6.07) is 6.23. The first-order valence-corrected chi connectivity index (χ1v) is 9.51. The number of pyridine rings is 1. The molecule has 0 aromatic carbocycles. The number of nitrogens with one attached hydrogen (secondary N) is 1. The Bertz CT molecular complexity index is 525. The number of hydrogen-bond acceptors (Lipinski definition) is 5. The van der Waals surface area contributed by atoms with Crippen LogP contribution in [0.25, 0.3) is 0 Å². The predicted octanol–water partition coefficient (Wildman–Crippen LogP) is 1.53. The number of hydrogen-bond donors (Lipinski definition) is 1. The molecule has 0 radical (unpaired) electrons. The first-order valence-electron chi connectivity index (χ1n) is 9.51. The lowest BCUT2D eigenvalue weighted by atomic mass is 9.96. The number of amides is 1. The molecule has 1 N–H and O–H groups in total. The highest BCUT2D eigenvalue weighted by Gasteiger charge is 2.25. The van der Waals surface area contributed by atoms with E-state index in [0.29, 0.717) is 18.9 Å². The average molecular weight is 346 g/mol. The van der Waals surface area contributed by atoms with Crippen LogP contribution in [0.3, 0.4) is 0 Å². The second kappa shape index (κ2) is 9.15. The summed E-state index contributed by atoms with van der Waals surface area (Å²) in [4.78, 5) is 21.4. The molecule has 25 heavy (non-hydrogen) atoms. The maximum absolute atomic E-state index is 12.6. The van der Waals surface area contributed by atoms with Crippen molar-refractivity contribution in [2.75, 3.05) is 50.8 Å². The van der Waals surface area contributed by atoms with Gasteiger partial charge in [-0.3, -0.25) is 4.79 Å². The molecule has 0 saturated carbocycles. The van der Waals surface area contributed by atoms with Gasteiger partial charge in [0.25, 0.3) is 0 Å². The van der Waals surface area contributed by atoms with E-state index in [-0.39, 0.29) is 11.9 Å². The molecule has 2 aliphatic heterocycles. The Morgan fingerprint density at radius 3 is 2.88 bits per heavy atom. The molecule has 3 rings (SSSR count). The van der Waals surface area contributed by atoms with Gasteiger partial charge in [0.1, 0.15) is 5.82 Å². The number of morpholine rings is 1. The third kappa shape index (κ3) is 5.16. The van der Waals surface area contributed by atoms with Crippen molar-refractivity contribution < 1.29 is 9.53 Å². The SMILES string of the molecule is CCN(CC1CCN(c2ccccn2)CC1)C(=O)CC1COCCN1. The Morgan fingerprint density at radius 2 is 2.24 bits per heavy atom. The van der Waals surface area contributed by atoms with Gasteiger partial charge in [-0.25, -0.2) is 4.98 Å². The third-order valence-corrected chi connectivity index (χ3v) is 5.22. The second-order valence-electron chi connectivity index (χ2n) is 6.98. The maximum atomic E-state index is 12.6. The van der Waals surface area contributed by atoms with E-state index in [9.17, 15) is 4.79 Å². The summed E-state index contributed by atoms with van der Waals surface area (Å²) < 4.78 is 5.46. The second-order valence-corrected chi connectivity index (χ2v) is 6.98. The maximum Gasteiger partial charge on any atom is 0.224 e. The Labute approximate surface area is 150 Å². The number of aromatic nitrogens is 1. The smallest absolute Gasteiger partial charge is 0.224 e. The van der Waals surface area contributed by atoms with Gasteiger partial charge in [-0.2, -0.15) is 0 Å². The molecule has 1 aromatic rings. The minimum absolute atomic E-state index is 0.168. The lowest BCUT2D eigenvalue weighted by molar-refractivity contribution is -0.133. The zero-order valence-corrected chi connectivity index (χ0v) is 15.2. The number of carbonyl (C=O) groups is 1. The fourth-order valence-corrected chi connectivity index (χ4v) is 3.70. The Hall–Kier alpha value is -1.66. The molecule has 0 bridgehead atoms.